The van der Waals surface area contributed by atoms with Crippen LogP contribution in [0.5, 0.6) is 0 Å². The Morgan fingerprint density at radius 2 is 2.06 bits per heavy atom. The van der Waals surface area contributed by atoms with Crippen LogP contribution in [0.4, 0.5) is 0 Å². The van der Waals surface area contributed by atoms with Gasteiger partial charge < -0.3 is 15.0 Å². The molecule has 0 bridgehead atoms. The Morgan fingerprint density at radius 3 is 2.71 bits per heavy atom. The lowest BCUT2D eigenvalue weighted by molar-refractivity contribution is -0.909. The minimum Gasteiger partial charge on any atom is -0.370 e. The van der Waals surface area contributed by atoms with E-state index in [1.807, 2.05) is 0 Å². The van der Waals surface area contributed by atoms with Crippen LogP contribution in [-0.2, 0) is 14.6 Å². The summed E-state index contributed by atoms with van der Waals surface area (Å²) >= 11 is 0. The fourth-order valence-corrected chi connectivity index (χ4v) is 4.41. The van der Waals surface area contributed by atoms with Crippen molar-refractivity contribution in [2.24, 2.45) is 0 Å². The predicted octanol–water partition coefficient (Wildman–Crippen LogP) is -2.96. The summed E-state index contributed by atoms with van der Waals surface area (Å²) in [6.07, 6.45) is 2.01. The molecule has 2 heterocycles. The highest BCUT2D eigenvalue weighted by Crippen LogP contribution is 2.07. The summed E-state index contributed by atoms with van der Waals surface area (Å²) in [5.74, 6) is 0.778. The van der Waals surface area contributed by atoms with Crippen molar-refractivity contribution >= 4 is 9.84 Å². The minimum atomic E-state index is -2.71. The lowest BCUT2D eigenvalue weighted by Crippen LogP contribution is -3.14. The molecule has 0 aliphatic carbocycles. The first-order chi connectivity index (χ1) is 8.16. The Hall–Kier alpha value is -0.170. The molecular formula is C11H24N2O3S+2. The van der Waals surface area contributed by atoms with E-state index >= 15 is 0 Å². The zero-order valence-corrected chi connectivity index (χ0v) is 11.2. The molecule has 2 aliphatic rings. The number of nitrogens with two attached hydrogens (primary N) is 1. The van der Waals surface area contributed by atoms with Crippen LogP contribution in [0, 0.1) is 0 Å². The fraction of sp³-hybridized carbons (Fsp3) is 1.00. The molecule has 0 aromatic heterocycles. The molecule has 0 amide bonds. The van der Waals surface area contributed by atoms with Crippen LogP contribution in [0.15, 0.2) is 0 Å². The largest absolute Gasteiger partial charge is 0.370 e. The first-order valence-electron chi connectivity index (χ1n) is 6.61. The van der Waals surface area contributed by atoms with Gasteiger partial charge in [-0.15, -0.1) is 0 Å². The molecule has 0 aromatic rings. The summed E-state index contributed by atoms with van der Waals surface area (Å²) in [6.45, 7) is 6.28. The van der Waals surface area contributed by atoms with Crippen LogP contribution in [-0.4, -0.2) is 65.4 Å². The maximum Gasteiger partial charge on any atom is 0.156 e. The molecule has 2 saturated heterocycles. The van der Waals surface area contributed by atoms with E-state index < -0.39 is 9.84 Å². The van der Waals surface area contributed by atoms with Crippen molar-refractivity contribution < 1.29 is 23.4 Å². The van der Waals surface area contributed by atoms with Gasteiger partial charge >= 0.3 is 0 Å². The van der Waals surface area contributed by atoms with Gasteiger partial charge in [-0.25, -0.2) is 8.42 Å². The molecule has 2 rings (SSSR count). The smallest absolute Gasteiger partial charge is 0.156 e. The van der Waals surface area contributed by atoms with Crippen molar-refractivity contribution in [1.29, 1.82) is 0 Å². The molecule has 5 nitrogen and oxygen atoms in total. The van der Waals surface area contributed by atoms with Crippen LogP contribution < -0.4 is 10.2 Å². The molecule has 0 saturated carbocycles. The van der Waals surface area contributed by atoms with Crippen LogP contribution in [0.3, 0.4) is 0 Å². The number of hydrogen-bond acceptors (Lipinski definition) is 3. The van der Waals surface area contributed by atoms with Crippen molar-refractivity contribution in [3.05, 3.63) is 0 Å². The number of hydrogen-bond donors (Lipinski definition) is 2. The van der Waals surface area contributed by atoms with E-state index in [4.69, 9.17) is 4.74 Å². The molecule has 2 aliphatic heterocycles. The van der Waals surface area contributed by atoms with Crippen molar-refractivity contribution in [1.82, 2.24) is 0 Å². The molecule has 0 radical (unpaired) electrons. The predicted molar refractivity (Wildman–Crippen MR) is 64.9 cm³/mol. The van der Waals surface area contributed by atoms with Gasteiger partial charge in [0.15, 0.2) is 9.84 Å². The highest BCUT2D eigenvalue weighted by molar-refractivity contribution is 7.91. The number of sulfone groups is 1. The number of rotatable bonds is 5. The SMILES string of the molecule is O=S1(=O)CC[C@H]([NH2+]CCC[NH+]2CCOCC2)C1. The zero-order chi connectivity index (χ0) is 12.1. The van der Waals surface area contributed by atoms with Gasteiger partial charge in [0.05, 0.1) is 32.1 Å². The van der Waals surface area contributed by atoms with Crippen LogP contribution in [0.25, 0.3) is 0 Å². The van der Waals surface area contributed by atoms with Crippen LogP contribution in [0.1, 0.15) is 12.8 Å². The topological polar surface area (TPSA) is 64.4 Å². The summed E-state index contributed by atoms with van der Waals surface area (Å²) < 4.78 is 27.9. The Morgan fingerprint density at radius 1 is 1.29 bits per heavy atom. The van der Waals surface area contributed by atoms with E-state index in [1.165, 1.54) is 13.0 Å². The second-order valence-corrected chi connectivity index (χ2v) is 7.38. The minimum absolute atomic E-state index is 0.319. The standard InChI is InChI=1S/C11H22N2O3S/c14-17(15)9-2-11(10-17)12-3-1-4-13-5-7-16-8-6-13/h11-12H,1-10H2/p+2/t11-/m0/s1. The van der Waals surface area contributed by atoms with Crippen molar-refractivity contribution in [3.8, 4) is 0 Å². The van der Waals surface area contributed by atoms with E-state index in [0.717, 1.165) is 39.3 Å². The van der Waals surface area contributed by atoms with Crippen LogP contribution >= 0.6 is 0 Å². The van der Waals surface area contributed by atoms with Gasteiger partial charge in [0.25, 0.3) is 0 Å². The van der Waals surface area contributed by atoms with Gasteiger partial charge in [-0.3, -0.25) is 0 Å². The van der Waals surface area contributed by atoms with E-state index in [9.17, 15) is 8.42 Å². The van der Waals surface area contributed by atoms with Gasteiger partial charge in [-0.1, -0.05) is 0 Å². The monoisotopic (exact) mass is 264 g/mol. The van der Waals surface area contributed by atoms with Gasteiger partial charge in [0.1, 0.15) is 24.9 Å². The number of nitrogens with one attached hydrogen (secondary N) is 1. The Bertz CT molecular complexity index is 326. The van der Waals surface area contributed by atoms with E-state index in [0.29, 0.717) is 17.5 Å². The van der Waals surface area contributed by atoms with Gasteiger partial charge in [-0.05, 0) is 0 Å². The van der Waals surface area contributed by atoms with Gasteiger partial charge in [0, 0.05) is 12.8 Å². The van der Waals surface area contributed by atoms with Crippen molar-refractivity contribution in [3.63, 3.8) is 0 Å². The Labute approximate surface area is 103 Å². The quantitative estimate of drug-likeness (QED) is 0.522. The number of morpholine rings is 1. The molecular weight excluding hydrogens is 240 g/mol. The summed E-state index contributed by atoms with van der Waals surface area (Å²) in [7, 11) is -2.71. The highest BCUT2D eigenvalue weighted by Gasteiger charge is 2.30. The second-order valence-electron chi connectivity index (χ2n) is 5.15. The molecule has 0 unspecified atom stereocenters. The fourth-order valence-electron chi connectivity index (χ4n) is 2.63. The Kier molecular flexibility index (Phi) is 4.78. The maximum atomic E-state index is 11.3. The van der Waals surface area contributed by atoms with Crippen LogP contribution in [0.2, 0.25) is 0 Å². The lowest BCUT2D eigenvalue weighted by atomic mass is 10.2. The van der Waals surface area contributed by atoms with Crippen molar-refractivity contribution in [2.75, 3.05) is 50.9 Å². The summed E-state index contributed by atoms with van der Waals surface area (Å²) in [6, 6.07) is 0.319. The van der Waals surface area contributed by atoms with E-state index in [1.54, 1.807) is 4.90 Å². The van der Waals surface area contributed by atoms with Gasteiger partial charge in [0.2, 0.25) is 0 Å². The lowest BCUT2D eigenvalue weighted by Gasteiger charge is -2.23. The van der Waals surface area contributed by atoms with E-state index in [2.05, 4.69) is 5.32 Å². The normalized spacial score (nSPS) is 29.5. The average Bonchev–Trinajstić information content (AvgIpc) is 2.66. The molecule has 2 fully saturated rings. The molecule has 0 spiro atoms. The second kappa shape index (κ2) is 6.13. The zero-order valence-electron chi connectivity index (χ0n) is 10.4. The molecule has 0 aromatic carbocycles. The molecule has 1 atom stereocenters. The molecule has 100 valence electrons. The first kappa shape index (κ1) is 13.3. The molecule has 3 N–H and O–H groups in total. The third kappa shape index (κ3) is 4.54. The van der Waals surface area contributed by atoms with Gasteiger partial charge in [-0.2, -0.15) is 0 Å². The molecule has 6 heteroatoms. The third-order valence-electron chi connectivity index (χ3n) is 3.70. The summed E-state index contributed by atoms with van der Waals surface area (Å²) in [5, 5.41) is 2.23. The third-order valence-corrected chi connectivity index (χ3v) is 5.50. The molecule has 17 heavy (non-hydrogen) atoms. The number of ether oxygens (including phenoxy) is 1. The van der Waals surface area contributed by atoms with Crippen molar-refractivity contribution in [2.45, 2.75) is 18.9 Å². The average molecular weight is 264 g/mol. The summed E-state index contributed by atoms with van der Waals surface area (Å²) in [4.78, 5) is 1.63. The summed E-state index contributed by atoms with van der Waals surface area (Å²) in [5.41, 5.74) is 0. The highest BCUT2D eigenvalue weighted by atomic mass is 32.2. The van der Waals surface area contributed by atoms with E-state index in [-0.39, 0.29) is 0 Å². The first-order valence-corrected chi connectivity index (χ1v) is 8.43. The maximum absolute atomic E-state index is 11.3. The Balaban J connectivity index is 1.54. The number of quaternary nitrogens is 2.